The van der Waals surface area contributed by atoms with Gasteiger partial charge >= 0.3 is 0 Å². The van der Waals surface area contributed by atoms with E-state index < -0.39 is 0 Å². The fourth-order valence-corrected chi connectivity index (χ4v) is 1.93. The van der Waals surface area contributed by atoms with E-state index in [0.717, 1.165) is 22.2 Å². The van der Waals surface area contributed by atoms with Gasteiger partial charge in [0, 0.05) is 18.1 Å². The van der Waals surface area contributed by atoms with Gasteiger partial charge in [-0.15, -0.1) is 11.3 Å². The lowest BCUT2D eigenvalue weighted by molar-refractivity contribution is 1.22. The maximum absolute atomic E-state index is 4.41. The predicted molar refractivity (Wildman–Crippen MR) is 59.6 cm³/mol. The van der Waals surface area contributed by atoms with Crippen LogP contribution in [0.3, 0.4) is 0 Å². The first-order chi connectivity index (χ1) is 6.79. The molecule has 0 aliphatic rings. The van der Waals surface area contributed by atoms with Crippen LogP contribution in [0.2, 0.25) is 0 Å². The number of thiazole rings is 1. The van der Waals surface area contributed by atoms with Crippen LogP contribution in [-0.2, 0) is 0 Å². The van der Waals surface area contributed by atoms with Crippen LogP contribution in [0.5, 0.6) is 0 Å². The number of aryl methyl sites for hydroxylation is 1. The normalized spacial score (nSPS) is 10.1. The summed E-state index contributed by atoms with van der Waals surface area (Å²) >= 11 is 1.62. The minimum absolute atomic E-state index is 0.871. The number of rotatable bonds is 2. The summed E-state index contributed by atoms with van der Waals surface area (Å²) in [6.07, 6.45) is 0. The molecule has 2 aromatic rings. The van der Waals surface area contributed by atoms with Crippen LogP contribution in [-0.4, -0.2) is 17.0 Å². The highest BCUT2D eigenvalue weighted by Crippen LogP contribution is 2.22. The van der Waals surface area contributed by atoms with Crippen LogP contribution < -0.4 is 5.32 Å². The quantitative estimate of drug-likeness (QED) is 0.818. The third kappa shape index (κ3) is 1.75. The van der Waals surface area contributed by atoms with E-state index >= 15 is 0 Å². The molecule has 0 amide bonds. The second kappa shape index (κ2) is 3.75. The number of hydrogen-bond donors (Lipinski definition) is 1. The van der Waals surface area contributed by atoms with Gasteiger partial charge in [0.2, 0.25) is 0 Å². The summed E-state index contributed by atoms with van der Waals surface area (Å²) in [5, 5.41) is 6.01. The smallest absolute Gasteiger partial charge is 0.142 e. The van der Waals surface area contributed by atoms with Crippen LogP contribution >= 0.6 is 11.3 Å². The SMILES string of the molecule is CNc1cccc(-c2nc(C)cs2)n1. The molecule has 1 N–H and O–H groups in total. The number of pyridine rings is 1. The van der Waals surface area contributed by atoms with Crippen LogP contribution in [0.4, 0.5) is 5.82 Å². The molecule has 2 aromatic heterocycles. The van der Waals surface area contributed by atoms with Gasteiger partial charge in [-0.25, -0.2) is 9.97 Å². The van der Waals surface area contributed by atoms with E-state index in [1.165, 1.54) is 0 Å². The Hall–Kier alpha value is -1.42. The molecule has 14 heavy (non-hydrogen) atoms. The molecule has 0 saturated carbocycles. The summed E-state index contributed by atoms with van der Waals surface area (Å²) in [5.41, 5.74) is 1.97. The molecular weight excluding hydrogens is 194 g/mol. The van der Waals surface area contributed by atoms with Gasteiger partial charge < -0.3 is 5.32 Å². The van der Waals surface area contributed by atoms with E-state index in [2.05, 4.69) is 15.3 Å². The van der Waals surface area contributed by atoms with Crippen LogP contribution in [0.15, 0.2) is 23.6 Å². The van der Waals surface area contributed by atoms with Crippen molar-refractivity contribution in [3.8, 4) is 10.7 Å². The van der Waals surface area contributed by atoms with E-state index in [1.807, 2.05) is 37.6 Å². The maximum Gasteiger partial charge on any atom is 0.142 e. The maximum atomic E-state index is 4.41. The van der Waals surface area contributed by atoms with E-state index in [4.69, 9.17) is 0 Å². The minimum atomic E-state index is 0.871. The topological polar surface area (TPSA) is 37.8 Å². The Bertz CT molecular complexity index is 436. The van der Waals surface area contributed by atoms with Gasteiger partial charge in [0.15, 0.2) is 0 Å². The second-order valence-electron chi connectivity index (χ2n) is 2.95. The summed E-state index contributed by atoms with van der Waals surface area (Å²) in [6, 6.07) is 5.88. The van der Waals surface area contributed by atoms with Crippen molar-refractivity contribution in [1.82, 2.24) is 9.97 Å². The fourth-order valence-electron chi connectivity index (χ4n) is 1.16. The Morgan fingerprint density at radius 1 is 1.29 bits per heavy atom. The average Bonchev–Trinajstić information content (AvgIpc) is 2.65. The number of nitrogens with one attached hydrogen (secondary N) is 1. The predicted octanol–water partition coefficient (Wildman–Crippen LogP) is 2.56. The van der Waals surface area contributed by atoms with Gasteiger partial charge in [0.05, 0.1) is 0 Å². The van der Waals surface area contributed by atoms with E-state index in [9.17, 15) is 0 Å². The molecule has 0 aromatic carbocycles. The van der Waals surface area contributed by atoms with E-state index in [1.54, 1.807) is 11.3 Å². The molecule has 4 heteroatoms. The highest BCUT2D eigenvalue weighted by Gasteiger charge is 2.03. The Labute approximate surface area is 86.8 Å². The number of nitrogens with zero attached hydrogens (tertiary/aromatic N) is 2. The van der Waals surface area contributed by atoms with Gasteiger partial charge in [-0.2, -0.15) is 0 Å². The largest absolute Gasteiger partial charge is 0.373 e. The zero-order valence-electron chi connectivity index (χ0n) is 8.11. The lowest BCUT2D eigenvalue weighted by Crippen LogP contribution is -1.92. The first-order valence-corrected chi connectivity index (χ1v) is 5.25. The number of hydrogen-bond acceptors (Lipinski definition) is 4. The molecule has 0 saturated heterocycles. The molecule has 0 spiro atoms. The third-order valence-corrected chi connectivity index (χ3v) is 2.83. The average molecular weight is 205 g/mol. The highest BCUT2D eigenvalue weighted by atomic mass is 32.1. The van der Waals surface area contributed by atoms with E-state index in [-0.39, 0.29) is 0 Å². The Morgan fingerprint density at radius 3 is 2.79 bits per heavy atom. The molecular formula is C10H11N3S. The van der Waals surface area contributed by atoms with Crippen molar-refractivity contribution < 1.29 is 0 Å². The molecule has 72 valence electrons. The van der Waals surface area contributed by atoms with Crippen LogP contribution in [0.25, 0.3) is 10.7 Å². The molecule has 3 nitrogen and oxygen atoms in total. The van der Waals surface area contributed by atoms with Crippen LogP contribution in [0.1, 0.15) is 5.69 Å². The summed E-state index contributed by atoms with van der Waals surface area (Å²) < 4.78 is 0. The fraction of sp³-hybridized carbons (Fsp3) is 0.200. The van der Waals surface area contributed by atoms with Crippen molar-refractivity contribution in [2.24, 2.45) is 0 Å². The van der Waals surface area contributed by atoms with Gasteiger partial charge in [-0.1, -0.05) is 6.07 Å². The molecule has 0 fully saturated rings. The van der Waals surface area contributed by atoms with Crippen molar-refractivity contribution in [3.63, 3.8) is 0 Å². The second-order valence-corrected chi connectivity index (χ2v) is 3.81. The Kier molecular flexibility index (Phi) is 2.45. The number of anilines is 1. The van der Waals surface area contributed by atoms with Crippen molar-refractivity contribution in [3.05, 3.63) is 29.3 Å². The van der Waals surface area contributed by atoms with Gasteiger partial charge in [-0.05, 0) is 19.1 Å². The van der Waals surface area contributed by atoms with Crippen molar-refractivity contribution >= 4 is 17.2 Å². The van der Waals surface area contributed by atoms with Crippen molar-refractivity contribution in [1.29, 1.82) is 0 Å². The molecule has 0 atom stereocenters. The standard InChI is InChI=1S/C10H11N3S/c1-7-6-14-10(12-7)8-4-3-5-9(11-2)13-8/h3-6H,1-2H3,(H,11,13). The third-order valence-electron chi connectivity index (χ3n) is 1.84. The van der Waals surface area contributed by atoms with Gasteiger partial charge in [-0.3, -0.25) is 0 Å². The molecule has 2 rings (SSSR count). The number of aromatic nitrogens is 2. The van der Waals surface area contributed by atoms with Crippen LogP contribution in [0, 0.1) is 6.92 Å². The molecule has 0 aliphatic heterocycles. The molecule has 0 bridgehead atoms. The van der Waals surface area contributed by atoms with Crippen molar-refractivity contribution in [2.45, 2.75) is 6.92 Å². The summed E-state index contributed by atoms with van der Waals surface area (Å²) in [5.74, 6) is 0.871. The van der Waals surface area contributed by atoms with Gasteiger partial charge in [0.25, 0.3) is 0 Å². The molecule has 0 radical (unpaired) electrons. The summed E-state index contributed by atoms with van der Waals surface area (Å²) in [7, 11) is 1.86. The Balaban J connectivity index is 2.41. The minimum Gasteiger partial charge on any atom is -0.373 e. The lowest BCUT2D eigenvalue weighted by atomic mass is 10.3. The van der Waals surface area contributed by atoms with Crippen molar-refractivity contribution in [2.75, 3.05) is 12.4 Å². The zero-order valence-corrected chi connectivity index (χ0v) is 8.93. The molecule has 0 unspecified atom stereocenters. The first-order valence-electron chi connectivity index (χ1n) is 4.37. The van der Waals surface area contributed by atoms with E-state index in [0.29, 0.717) is 0 Å². The monoisotopic (exact) mass is 205 g/mol. The summed E-state index contributed by atoms with van der Waals surface area (Å²) in [6.45, 7) is 1.99. The molecule has 2 heterocycles. The molecule has 0 aliphatic carbocycles. The highest BCUT2D eigenvalue weighted by molar-refractivity contribution is 7.13. The lowest BCUT2D eigenvalue weighted by Gasteiger charge is -2.00. The summed E-state index contributed by atoms with van der Waals surface area (Å²) in [4.78, 5) is 8.80. The van der Waals surface area contributed by atoms with Gasteiger partial charge in [0.1, 0.15) is 16.5 Å². The zero-order chi connectivity index (χ0) is 9.97. The first kappa shape index (κ1) is 9.15. The Morgan fingerprint density at radius 2 is 2.14 bits per heavy atom.